The van der Waals surface area contributed by atoms with Gasteiger partial charge in [0.2, 0.25) is 5.91 Å². The van der Waals surface area contributed by atoms with Crippen LogP contribution >= 0.6 is 0 Å². The Hall–Kier alpha value is -1.40. The van der Waals surface area contributed by atoms with Crippen molar-refractivity contribution in [1.82, 2.24) is 19.6 Å². The summed E-state index contributed by atoms with van der Waals surface area (Å²) in [6.07, 6.45) is 5.78. The molecule has 2 aliphatic heterocycles. The molecule has 0 N–H and O–H groups in total. The minimum Gasteiger partial charge on any atom is -0.308 e. The van der Waals surface area contributed by atoms with Crippen molar-refractivity contribution < 1.29 is 4.79 Å². The summed E-state index contributed by atoms with van der Waals surface area (Å²) in [4.78, 5) is 19.8. The van der Waals surface area contributed by atoms with Crippen LogP contribution in [0.3, 0.4) is 0 Å². The molecule has 0 radical (unpaired) electrons. The number of hydrogen-bond acceptors (Lipinski definition) is 4. The van der Waals surface area contributed by atoms with Crippen molar-refractivity contribution in [1.29, 1.82) is 0 Å². The van der Waals surface area contributed by atoms with Crippen LogP contribution in [0.25, 0.3) is 0 Å². The maximum Gasteiger partial charge on any atom is 0.244 e. The Labute approximate surface area is 139 Å². The predicted molar refractivity (Wildman–Crippen MR) is 91.4 cm³/mol. The largest absolute Gasteiger partial charge is 0.308 e. The summed E-state index contributed by atoms with van der Waals surface area (Å²) in [5.41, 5.74) is 0.931. The van der Waals surface area contributed by atoms with E-state index >= 15 is 0 Å². The van der Waals surface area contributed by atoms with E-state index in [4.69, 9.17) is 0 Å². The van der Waals surface area contributed by atoms with Gasteiger partial charge in [-0.1, -0.05) is 13.8 Å². The lowest BCUT2D eigenvalue weighted by atomic mass is 10.0. The monoisotopic (exact) mass is 319 g/mol. The molecule has 6 nitrogen and oxygen atoms in total. The number of aryl methyl sites for hydroxylation is 1. The van der Waals surface area contributed by atoms with Crippen LogP contribution in [0.4, 0.5) is 5.69 Å². The zero-order valence-corrected chi connectivity index (χ0v) is 14.6. The molecule has 2 fully saturated rings. The Balaban J connectivity index is 1.61. The normalized spacial score (nSPS) is 24.6. The van der Waals surface area contributed by atoms with Gasteiger partial charge in [0.05, 0.1) is 17.9 Å². The fourth-order valence-electron chi connectivity index (χ4n) is 3.77. The number of piperidine rings is 1. The van der Waals surface area contributed by atoms with Crippen LogP contribution in [-0.4, -0.2) is 70.8 Å². The van der Waals surface area contributed by atoms with Crippen LogP contribution in [0.5, 0.6) is 0 Å². The molecule has 0 bridgehead atoms. The van der Waals surface area contributed by atoms with Crippen LogP contribution in [-0.2, 0) is 11.8 Å². The number of piperazine rings is 1. The topological polar surface area (TPSA) is 44.6 Å². The van der Waals surface area contributed by atoms with E-state index in [0.717, 1.165) is 57.8 Å². The van der Waals surface area contributed by atoms with E-state index in [1.807, 2.05) is 18.1 Å². The van der Waals surface area contributed by atoms with Gasteiger partial charge >= 0.3 is 0 Å². The molecule has 128 valence electrons. The molecule has 0 aliphatic carbocycles. The highest BCUT2D eigenvalue weighted by atomic mass is 16.2. The lowest BCUT2D eigenvalue weighted by molar-refractivity contribution is -0.126. The lowest BCUT2D eigenvalue weighted by Gasteiger charge is -2.42. The van der Waals surface area contributed by atoms with Gasteiger partial charge in [-0.25, -0.2) is 0 Å². The first-order chi connectivity index (χ1) is 11.0. The lowest BCUT2D eigenvalue weighted by Crippen LogP contribution is -2.58. The molecular weight excluding hydrogens is 290 g/mol. The van der Waals surface area contributed by atoms with E-state index in [0.29, 0.717) is 5.92 Å². The molecule has 6 heteroatoms. The van der Waals surface area contributed by atoms with Crippen molar-refractivity contribution in [3.8, 4) is 0 Å². The fourth-order valence-corrected chi connectivity index (χ4v) is 3.77. The second-order valence-electron chi connectivity index (χ2n) is 7.25. The number of anilines is 1. The van der Waals surface area contributed by atoms with Crippen LogP contribution in [0.2, 0.25) is 0 Å². The summed E-state index contributed by atoms with van der Waals surface area (Å²) in [7, 11) is 1.89. The minimum atomic E-state index is 0.0464. The molecule has 1 atom stereocenters. The molecule has 1 aromatic rings. The molecule has 2 aliphatic rings. The Kier molecular flexibility index (Phi) is 5.02. The van der Waals surface area contributed by atoms with Gasteiger partial charge in [-0.3, -0.25) is 14.4 Å². The van der Waals surface area contributed by atoms with Crippen LogP contribution < -0.4 is 4.90 Å². The molecule has 2 saturated heterocycles. The summed E-state index contributed by atoms with van der Waals surface area (Å²) >= 11 is 0. The van der Waals surface area contributed by atoms with Crippen molar-refractivity contribution in [2.24, 2.45) is 13.0 Å². The first-order valence-electron chi connectivity index (χ1n) is 8.81. The molecule has 0 spiro atoms. The fraction of sp³-hybridized carbons (Fsp3) is 0.765. The molecule has 1 amide bonds. The van der Waals surface area contributed by atoms with E-state index in [1.54, 1.807) is 10.9 Å². The van der Waals surface area contributed by atoms with Crippen molar-refractivity contribution in [3.63, 3.8) is 0 Å². The Morgan fingerprint density at radius 1 is 1.22 bits per heavy atom. The van der Waals surface area contributed by atoms with Gasteiger partial charge in [-0.05, 0) is 18.8 Å². The number of aromatic nitrogens is 2. The predicted octanol–water partition coefficient (Wildman–Crippen LogP) is 1.19. The Bertz CT molecular complexity index is 533. The van der Waals surface area contributed by atoms with E-state index in [1.165, 1.54) is 0 Å². The quantitative estimate of drug-likeness (QED) is 0.836. The molecule has 1 unspecified atom stereocenters. The number of hydrogen-bond donors (Lipinski definition) is 0. The minimum absolute atomic E-state index is 0.0464. The van der Waals surface area contributed by atoms with Gasteiger partial charge < -0.3 is 9.80 Å². The van der Waals surface area contributed by atoms with E-state index in [2.05, 4.69) is 28.7 Å². The average molecular weight is 319 g/mol. The molecular formula is C17H29N5O. The average Bonchev–Trinajstić information content (AvgIpc) is 2.94. The number of nitrogens with zero attached hydrogens (tertiary/aromatic N) is 5. The van der Waals surface area contributed by atoms with Gasteiger partial charge in [-0.15, -0.1) is 0 Å². The SMILES string of the molecule is CC(C)CN1CCN(C2CCCN(c3cnn(C)c3)C2=O)CC1. The number of amides is 1. The van der Waals surface area contributed by atoms with Gasteiger partial charge in [0, 0.05) is 52.5 Å². The van der Waals surface area contributed by atoms with Crippen LogP contribution in [0.1, 0.15) is 26.7 Å². The molecule has 23 heavy (non-hydrogen) atoms. The van der Waals surface area contributed by atoms with E-state index < -0.39 is 0 Å². The highest BCUT2D eigenvalue weighted by Gasteiger charge is 2.35. The smallest absolute Gasteiger partial charge is 0.244 e. The first kappa shape index (κ1) is 16.5. The third-order valence-electron chi connectivity index (χ3n) is 4.88. The number of carbonyl (C=O) groups excluding carboxylic acids is 1. The Morgan fingerprint density at radius 3 is 2.57 bits per heavy atom. The van der Waals surface area contributed by atoms with Gasteiger partial charge in [0.1, 0.15) is 0 Å². The summed E-state index contributed by atoms with van der Waals surface area (Å²) < 4.78 is 1.76. The van der Waals surface area contributed by atoms with Crippen LogP contribution in [0, 0.1) is 5.92 Å². The summed E-state index contributed by atoms with van der Waals surface area (Å²) in [6, 6.07) is 0.0464. The Morgan fingerprint density at radius 2 is 1.96 bits per heavy atom. The molecule has 0 aromatic carbocycles. The number of rotatable bonds is 4. The summed E-state index contributed by atoms with van der Waals surface area (Å²) in [5, 5.41) is 4.20. The summed E-state index contributed by atoms with van der Waals surface area (Å²) in [5.74, 6) is 0.959. The first-order valence-corrected chi connectivity index (χ1v) is 8.81. The third kappa shape index (κ3) is 3.75. The standard InChI is InChI=1S/C17H29N5O/c1-14(2)12-20-7-9-21(10-8-20)16-5-4-6-22(17(16)23)15-11-18-19(3)13-15/h11,13-14,16H,4-10,12H2,1-3H3. The van der Waals surface area contributed by atoms with E-state index in [-0.39, 0.29) is 11.9 Å². The van der Waals surface area contributed by atoms with Crippen molar-refractivity contribution >= 4 is 11.6 Å². The maximum absolute atomic E-state index is 12.9. The zero-order chi connectivity index (χ0) is 16.4. The van der Waals surface area contributed by atoms with Crippen LogP contribution in [0.15, 0.2) is 12.4 Å². The van der Waals surface area contributed by atoms with Gasteiger partial charge in [0.25, 0.3) is 0 Å². The molecule has 3 rings (SSSR count). The van der Waals surface area contributed by atoms with Crippen molar-refractivity contribution in [2.75, 3.05) is 44.2 Å². The van der Waals surface area contributed by atoms with Gasteiger partial charge in [-0.2, -0.15) is 5.10 Å². The van der Waals surface area contributed by atoms with Crippen molar-refractivity contribution in [3.05, 3.63) is 12.4 Å². The second-order valence-corrected chi connectivity index (χ2v) is 7.25. The second kappa shape index (κ2) is 7.01. The third-order valence-corrected chi connectivity index (χ3v) is 4.88. The molecule has 0 saturated carbocycles. The summed E-state index contributed by atoms with van der Waals surface area (Å²) in [6.45, 7) is 10.7. The number of carbonyl (C=O) groups is 1. The molecule has 3 heterocycles. The zero-order valence-electron chi connectivity index (χ0n) is 14.6. The maximum atomic E-state index is 12.9. The highest BCUT2D eigenvalue weighted by molar-refractivity contribution is 5.97. The molecule has 1 aromatic heterocycles. The van der Waals surface area contributed by atoms with Gasteiger partial charge in [0.15, 0.2) is 0 Å². The highest BCUT2D eigenvalue weighted by Crippen LogP contribution is 2.24. The van der Waals surface area contributed by atoms with Crippen molar-refractivity contribution in [2.45, 2.75) is 32.7 Å². The van der Waals surface area contributed by atoms with E-state index in [9.17, 15) is 4.79 Å².